The van der Waals surface area contributed by atoms with Crippen molar-refractivity contribution in [2.24, 2.45) is 0 Å². The Balaban J connectivity index is 2.10. The van der Waals surface area contributed by atoms with Gasteiger partial charge < -0.3 is 14.5 Å². The number of nitrogens with zero attached hydrogens (tertiary/aromatic N) is 1. The molecule has 2 rings (SSSR count). The molecule has 1 unspecified atom stereocenters. The first-order valence-electron chi connectivity index (χ1n) is 7.68. The van der Waals surface area contributed by atoms with E-state index >= 15 is 0 Å². The lowest BCUT2D eigenvalue weighted by Crippen LogP contribution is -2.41. The van der Waals surface area contributed by atoms with Gasteiger partial charge in [0.15, 0.2) is 5.76 Å². The number of benzene rings is 1. The molecule has 8 nitrogen and oxygen atoms in total. The minimum Gasteiger partial charge on any atom is -0.467 e. The van der Waals surface area contributed by atoms with E-state index in [-0.39, 0.29) is 11.4 Å². The number of carbonyl (C=O) groups excluding carboxylic acids is 2. The van der Waals surface area contributed by atoms with Crippen molar-refractivity contribution in [2.75, 3.05) is 19.1 Å². The Kier molecular flexibility index (Phi) is 6.79. The van der Waals surface area contributed by atoms with Crippen LogP contribution in [0.5, 0.6) is 0 Å². The van der Waals surface area contributed by atoms with E-state index in [0.29, 0.717) is 23.5 Å². The quantitative estimate of drug-likeness (QED) is 0.427. The number of rotatable bonds is 8. The van der Waals surface area contributed by atoms with Gasteiger partial charge in [0.1, 0.15) is 11.8 Å². The van der Waals surface area contributed by atoms with Gasteiger partial charge >= 0.3 is 5.97 Å². The van der Waals surface area contributed by atoms with E-state index in [9.17, 15) is 19.7 Å². The molecule has 0 aliphatic heterocycles. The largest absolute Gasteiger partial charge is 0.467 e. The minimum absolute atomic E-state index is 0.0343. The summed E-state index contributed by atoms with van der Waals surface area (Å²) in [5.41, 5.74) is 0.564. The Morgan fingerprint density at radius 2 is 1.96 bits per heavy atom. The van der Waals surface area contributed by atoms with E-state index in [1.165, 1.54) is 37.4 Å². The summed E-state index contributed by atoms with van der Waals surface area (Å²) in [5.74, 6) is 0.0658. The molecule has 1 amide bonds. The lowest BCUT2D eigenvalue weighted by molar-refractivity contribution is -0.384. The maximum absolute atomic E-state index is 12.3. The molecule has 0 saturated carbocycles. The fourth-order valence-electron chi connectivity index (χ4n) is 2.22. The van der Waals surface area contributed by atoms with Crippen LogP contribution in [0.25, 0.3) is 11.3 Å². The Morgan fingerprint density at radius 1 is 1.27 bits per heavy atom. The zero-order valence-corrected chi connectivity index (χ0v) is 15.1. The number of hydrogen-bond donors (Lipinski definition) is 1. The molecule has 0 bridgehead atoms. The predicted molar refractivity (Wildman–Crippen MR) is 97.1 cm³/mol. The summed E-state index contributed by atoms with van der Waals surface area (Å²) < 4.78 is 10.2. The molecule has 2 aromatic rings. The number of thioether (sulfide) groups is 1. The first-order chi connectivity index (χ1) is 12.5. The Labute approximate surface area is 154 Å². The van der Waals surface area contributed by atoms with Gasteiger partial charge in [-0.05, 0) is 42.7 Å². The molecule has 1 aromatic carbocycles. The molecule has 1 heterocycles. The zero-order chi connectivity index (χ0) is 19.1. The van der Waals surface area contributed by atoms with Crippen LogP contribution in [0.1, 0.15) is 17.0 Å². The van der Waals surface area contributed by atoms with Gasteiger partial charge in [-0.2, -0.15) is 11.8 Å². The van der Waals surface area contributed by atoms with E-state index < -0.39 is 22.8 Å². The van der Waals surface area contributed by atoms with Crippen LogP contribution in [0.2, 0.25) is 0 Å². The monoisotopic (exact) mass is 378 g/mol. The summed E-state index contributed by atoms with van der Waals surface area (Å²) in [4.78, 5) is 34.3. The maximum Gasteiger partial charge on any atom is 0.328 e. The highest BCUT2D eigenvalue weighted by Crippen LogP contribution is 2.24. The molecular formula is C17H18N2O6S. The third kappa shape index (κ3) is 4.85. The third-order valence-corrected chi connectivity index (χ3v) is 4.24. The van der Waals surface area contributed by atoms with Crippen molar-refractivity contribution in [3.05, 3.63) is 52.3 Å². The fourth-order valence-corrected chi connectivity index (χ4v) is 2.69. The highest BCUT2D eigenvalue weighted by Gasteiger charge is 2.23. The number of nitrogens with one attached hydrogen (secondary N) is 1. The van der Waals surface area contributed by atoms with Crippen LogP contribution in [0.4, 0.5) is 5.69 Å². The van der Waals surface area contributed by atoms with Crippen LogP contribution in [0.15, 0.2) is 40.8 Å². The van der Waals surface area contributed by atoms with Crippen molar-refractivity contribution < 1.29 is 23.7 Å². The van der Waals surface area contributed by atoms with E-state index in [2.05, 4.69) is 5.32 Å². The van der Waals surface area contributed by atoms with Crippen molar-refractivity contribution in [3.63, 3.8) is 0 Å². The number of non-ortho nitro benzene ring substituents is 1. The van der Waals surface area contributed by atoms with Crippen molar-refractivity contribution in [1.29, 1.82) is 0 Å². The second kappa shape index (κ2) is 9.04. The molecule has 1 aromatic heterocycles. The molecule has 0 aliphatic carbocycles. The van der Waals surface area contributed by atoms with Gasteiger partial charge in [0.25, 0.3) is 11.6 Å². The number of nitro benzene ring substituents is 1. The lowest BCUT2D eigenvalue weighted by atomic mass is 10.1. The minimum atomic E-state index is -0.757. The highest BCUT2D eigenvalue weighted by molar-refractivity contribution is 7.98. The second-order valence-corrected chi connectivity index (χ2v) is 6.28. The van der Waals surface area contributed by atoms with Gasteiger partial charge in [0.05, 0.1) is 12.0 Å². The molecule has 0 fully saturated rings. The average Bonchev–Trinajstić information content (AvgIpc) is 3.14. The maximum atomic E-state index is 12.3. The molecule has 9 heteroatoms. The molecule has 0 aliphatic rings. The van der Waals surface area contributed by atoms with Crippen LogP contribution < -0.4 is 5.32 Å². The number of carbonyl (C=O) groups is 2. The average molecular weight is 378 g/mol. The molecular weight excluding hydrogens is 360 g/mol. The summed E-state index contributed by atoms with van der Waals surface area (Å²) in [5, 5.41) is 13.3. The first kappa shape index (κ1) is 19.5. The third-order valence-electron chi connectivity index (χ3n) is 3.59. The van der Waals surface area contributed by atoms with E-state index in [0.717, 1.165) is 0 Å². The summed E-state index contributed by atoms with van der Waals surface area (Å²) in [6, 6.07) is 8.09. The Hall–Kier alpha value is -2.81. The molecule has 1 N–H and O–H groups in total. The van der Waals surface area contributed by atoms with Crippen molar-refractivity contribution in [2.45, 2.75) is 12.5 Å². The van der Waals surface area contributed by atoms with Crippen LogP contribution in [0.3, 0.4) is 0 Å². The number of furan rings is 1. The molecule has 0 radical (unpaired) electrons. The molecule has 0 spiro atoms. The number of amides is 1. The van der Waals surface area contributed by atoms with Gasteiger partial charge in [-0.25, -0.2) is 4.79 Å². The number of ether oxygens (including phenoxy) is 1. The normalized spacial score (nSPS) is 11.6. The summed E-state index contributed by atoms with van der Waals surface area (Å²) in [6.07, 6.45) is 2.34. The topological polar surface area (TPSA) is 112 Å². The lowest BCUT2D eigenvalue weighted by Gasteiger charge is -2.15. The van der Waals surface area contributed by atoms with E-state index in [1.807, 2.05) is 6.26 Å². The van der Waals surface area contributed by atoms with E-state index in [4.69, 9.17) is 9.15 Å². The summed E-state index contributed by atoms with van der Waals surface area (Å²) >= 11 is 1.55. The standard InChI is InChI=1S/C17H18N2O6S/c1-24-17(21)13(9-10-26-2)18-16(20)15-8-7-14(25-15)11-3-5-12(6-4-11)19(22)23/h3-8,13H,9-10H2,1-2H3,(H,18,20). The van der Waals surface area contributed by atoms with Crippen LogP contribution in [0, 0.1) is 10.1 Å². The number of methoxy groups -OCH3 is 1. The van der Waals surface area contributed by atoms with Gasteiger partial charge in [0.2, 0.25) is 0 Å². The predicted octanol–water partition coefficient (Wildman–Crippen LogP) is 2.88. The summed E-state index contributed by atoms with van der Waals surface area (Å²) in [6.45, 7) is 0. The highest BCUT2D eigenvalue weighted by atomic mass is 32.2. The zero-order valence-electron chi connectivity index (χ0n) is 14.3. The molecule has 1 atom stereocenters. The number of hydrogen-bond acceptors (Lipinski definition) is 7. The SMILES string of the molecule is COC(=O)C(CCSC)NC(=O)c1ccc(-c2ccc([N+](=O)[O-])cc2)o1. The van der Waals surface area contributed by atoms with Crippen LogP contribution in [-0.4, -0.2) is 42.0 Å². The van der Waals surface area contributed by atoms with Gasteiger partial charge in [-0.15, -0.1) is 0 Å². The number of nitro groups is 1. The van der Waals surface area contributed by atoms with Crippen LogP contribution in [-0.2, 0) is 9.53 Å². The summed E-state index contributed by atoms with van der Waals surface area (Å²) in [7, 11) is 1.26. The van der Waals surface area contributed by atoms with Gasteiger partial charge in [0, 0.05) is 17.7 Å². The smallest absolute Gasteiger partial charge is 0.328 e. The van der Waals surface area contributed by atoms with Crippen molar-refractivity contribution >= 4 is 29.3 Å². The van der Waals surface area contributed by atoms with Crippen molar-refractivity contribution in [1.82, 2.24) is 5.32 Å². The Morgan fingerprint density at radius 3 is 2.54 bits per heavy atom. The van der Waals surface area contributed by atoms with Gasteiger partial charge in [-0.1, -0.05) is 0 Å². The second-order valence-electron chi connectivity index (χ2n) is 5.30. The molecule has 0 saturated heterocycles. The Bertz CT molecular complexity index is 787. The van der Waals surface area contributed by atoms with Gasteiger partial charge in [-0.3, -0.25) is 14.9 Å². The van der Waals surface area contributed by atoms with Crippen molar-refractivity contribution in [3.8, 4) is 11.3 Å². The number of esters is 1. The first-order valence-corrected chi connectivity index (χ1v) is 9.08. The van der Waals surface area contributed by atoms with Crippen LogP contribution >= 0.6 is 11.8 Å². The fraction of sp³-hybridized carbons (Fsp3) is 0.294. The van der Waals surface area contributed by atoms with E-state index in [1.54, 1.807) is 17.8 Å². The molecule has 26 heavy (non-hydrogen) atoms. The molecule has 138 valence electrons.